The number of aryl methyl sites for hydroxylation is 1. The van der Waals surface area contributed by atoms with Gasteiger partial charge in [0, 0.05) is 25.1 Å². The van der Waals surface area contributed by atoms with Crippen LogP contribution >= 0.6 is 0 Å². The molecule has 0 saturated heterocycles. The molecule has 1 atom stereocenters. The molecule has 3 rings (SSSR count). The molecule has 1 heterocycles. The smallest absolute Gasteiger partial charge is 0.408 e. The van der Waals surface area contributed by atoms with E-state index < -0.39 is 17.7 Å². The minimum atomic E-state index is -1.14. The summed E-state index contributed by atoms with van der Waals surface area (Å²) in [6.07, 6.45) is -1.10. The lowest BCUT2D eigenvalue weighted by Crippen LogP contribution is -2.30. The Balaban J connectivity index is 1.57. The number of rotatable bonds is 6. The summed E-state index contributed by atoms with van der Waals surface area (Å²) in [6, 6.07) is 12.8. The molecule has 2 N–H and O–H groups in total. The molecule has 25 heavy (non-hydrogen) atoms. The molecule has 3 aromatic rings. The third-order valence-electron chi connectivity index (χ3n) is 3.89. The SMILES string of the molecule is O=C(CCn1c(=O)oc2ccccc21)NCC(O)c1ccccc1F. The molecule has 6 nitrogen and oxygen atoms in total. The van der Waals surface area contributed by atoms with Crippen LogP contribution in [0.2, 0.25) is 0 Å². The Morgan fingerprint density at radius 3 is 2.72 bits per heavy atom. The number of aliphatic hydroxyl groups is 1. The maximum absolute atomic E-state index is 13.6. The summed E-state index contributed by atoms with van der Waals surface area (Å²) in [6.45, 7) is 0.0400. The summed E-state index contributed by atoms with van der Waals surface area (Å²) in [5, 5.41) is 12.5. The van der Waals surface area contributed by atoms with Crippen molar-refractivity contribution in [3.05, 3.63) is 70.5 Å². The van der Waals surface area contributed by atoms with Crippen molar-refractivity contribution < 1.29 is 18.7 Å². The van der Waals surface area contributed by atoms with Crippen LogP contribution in [0.4, 0.5) is 4.39 Å². The lowest BCUT2D eigenvalue weighted by Gasteiger charge is -2.13. The monoisotopic (exact) mass is 344 g/mol. The molecule has 0 radical (unpaired) electrons. The fourth-order valence-electron chi connectivity index (χ4n) is 2.59. The molecule has 2 aromatic carbocycles. The zero-order valence-corrected chi connectivity index (χ0v) is 13.3. The first-order valence-corrected chi connectivity index (χ1v) is 7.84. The largest absolute Gasteiger partial charge is 0.419 e. The zero-order valence-electron chi connectivity index (χ0n) is 13.3. The molecule has 1 amide bonds. The number of oxazole rings is 1. The van der Waals surface area contributed by atoms with Gasteiger partial charge in [-0.1, -0.05) is 30.3 Å². The summed E-state index contributed by atoms with van der Waals surface area (Å²) in [4.78, 5) is 23.8. The normalized spacial score (nSPS) is 12.2. The molecule has 0 fully saturated rings. The Bertz CT molecular complexity index is 947. The van der Waals surface area contributed by atoms with Crippen molar-refractivity contribution in [1.29, 1.82) is 0 Å². The third-order valence-corrected chi connectivity index (χ3v) is 3.89. The van der Waals surface area contributed by atoms with Crippen LogP contribution in [0.25, 0.3) is 11.1 Å². The van der Waals surface area contributed by atoms with Crippen LogP contribution in [0, 0.1) is 5.82 Å². The van der Waals surface area contributed by atoms with Gasteiger partial charge in [0.05, 0.1) is 11.6 Å². The van der Waals surface area contributed by atoms with Gasteiger partial charge in [0.2, 0.25) is 5.91 Å². The van der Waals surface area contributed by atoms with Gasteiger partial charge in [0.1, 0.15) is 5.82 Å². The van der Waals surface area contributed by atoms with Crippen LogP contribution < -0.4 is 11.1 Å². The van der Waals surface area contributed by atoms with Gasteiger partial charge in [-0.3, -0.25) is 9.36 Å². The average Bonchev–Trinajstić information content (AvgIpc) is 2.93. The highest BCUT2D eigenvalue weighted by Gasteiger charge is 2.14. The molecule has 0 saturated carbocycles. The number of amides is 1. The summed E-state index contributed by atoms with van der Waals surface area (Å²) >= 11 is 0. The molecular weight excluding hydrogens is 327 g/mol. The molecule has 7 heteroatoms. The number of hydrogen-bond donors (Lipinski definition) is 2. The van der Waals surface area contributed by atoms with Gasteiger partial charge >= 0.3 is 5.76 Å². The molecule has 1 unspecified atom stereocenters. The topological polar surface area (TPSA) is 84.5 Å². The van der Waals surface area contributed by atoms with E-state index in [1.807, 2.05) is 0 Å². The van der Waals surface area contributed by atoms with Crippen LogP contribution in [0.3, 0.4) is 0 Å². The van der Waals surface area contributed by atoms with Gasteiger partial charge in [0.25, 0.3) is 0 Å². The van der Waals surface area contributed by atoms with Gasteiger partial charge in [-0.2, -0.15) is 0 Å². The van der Waals surface area contributed by atoms with Crippen LogP contribution in [-0.2, 0) is 11.3 Å². The highest BCUT2D eigenvalue weighted by molar-refractivity contribution is 5.76. The van der Waals surface area contributed by atoms with E-state index in [2.05, 4.69) is 5.32 Å². The second-order valence-electron chi connectivity index (χ2n) is 5.58. The van der Waals surface area contributed by atoms with Crippen LogP contribution in [0.15, 0.2) is 57.7 Å². The van der Waals surface area contributed by atoms with Crippen molar-refractivity contribution >= 4 is 17.0 Å². The first-order valence-electron chi connectivity index (χ1n) is 7.84. The summed E-state index contributed by atoms with van der Waals surface area (Å²) in [5.74, 6) is -1.41. The molecule has 0 bridgehead atoms. The number of nitrogens with one attached hydrogen (secondary N) is 1. The first-order chi connectivity index (χ1) is 12.1. The van der Waals surface area contributed by atoms with E-state index in [4.69, 9.17) is 4.42 Å². The van der Waals surface area contributed by atoms with E-state index in [-0.39, 0.29) is 31.0 Å². The van der Waals surface area contributed by atoms with Gasteiger partial charge in [-0.15, -0.1) is 0 Å². The van der Waals surface area contributed by atoms with Gasteiger partial charge < -0.3 is 14.8 Å². The van der Waals surface area contributed by atoms with E-state index in [1.54, 1.807) is 30.3 Å². The summed E-state index contributed by atoms with van der Waals surface area (Å²) in [7, 11) is 0. The number of halogens is 1. The number of aromatic nitrogens is 1. The Morgan fingerprint density at radius 2 is 1.92 bits per heavy atom. The lowest BCUT2D eigenvalue weighted by atomic mass is 10.1. The zero-order chi connectivity index (χ0) is 17.8. The van der Waals surface area contributed by atoms with E-state index >= 15 is 0 Å². The predicted octanol–water partition coefficient (Wildman–Crippen LogP) is 1.97. The number of fused-ring (bicyclic) bond motifs is 1. The van der Waals surface area contributed by atoms with Gasteiger partial charge in [0.15, 0.2) is 5.58 Å². The Labute approximate surface area is 142 Å². The molecular formula is C18H17FN2O4. The number of nitrogens with zero attached hydrogens (tertiary/aromatic N) is 1. The second-order valence-corrected chi connectivity index (χ2v) is 5.58. The van der Waals surface area contributed by atoms with Crippen molar-refractivity contribution in [2.45, 2.75) is 19.1 Å². The third kappa shape index (κ3) is 3.77. The number of benzene rings is 2. The van der Waals surface area contributed by atoms with Crippen LogP contribution in [0.5, 0.6) is 0 Å². The van der Waals surface area contributed by atoms with Crippen molar-refractivity contribution in [3.8, 4) is 0 Å². The highest BCUT2D eigenvalue weighted by atomic mass is 19.1. The van der Waals surface area contributed by atoms with Crippen LogP contribution in [-0.4, -0.2) is 22.1 Å². The fraction of sp³-hybridized carbons (Fsp3) is 0.222. The quantitative estimate of drug-likeness (QED) is 0.716. The lowest BCUT2D eigenvalue weighted by molar-refractivity contribution is -0.121. The van der Waals surface area contributed by atoms with Crippen molar-refractivity contribution in [3.63, 3.8) is 0 Å². The Hall–Kier alpha value is -2.93. The van der Waals surface area contributed by atoms with Gasteiger partial charge in [-0.25, -0.2) is 9.18 Å². The van der Waals surface area contributed by atoms with E-state index in [0.29, 0.717) is 11.1 Å². The van der Waals surface area contributed by atoms with Crippen LogP contribution in [0.1, 0.15) is 18.1 Å². The second kappa shape index (κ2) is 7.31. The maximum atomic E-state index is 13.6. The molecule has 0 aliphatic heterocycles. The standard InChI is InChI=1S/C18H17FN2O4/c19-13-6-2-1-5-12(13)15(22)11-20-17(23)9-10-21-14-7-3-4-8-16(14)25-18(21)24/h1-8,15,22H,9-11H2,(H,20,23). The molecule has 0 aliphatic rings. The number of para-hydroxylation sites is 2. The van der Waals surface area contributed by atoms with Crippen molar-refractivity contribution in [2.24, 2.45) is 0 Å². The molecule has 130 valence electrons. The summed E-state index contributed by atoms with van der Waals surface area (Å²) in [5.41, 5.74) is 1.20. The average molecular weight is 344 g/mol. The number of carbonyl (C=O) groups is 1. The molecule has 0 spiro atoms. The highest BCUT2D eigenvalue weighted by Crippen LogP contribution is 2.16. The fourth-order valence-corrected chi connectivity index (χ4v) is 2.59. The molecule has 1 aromatic heterocycles. The minimum absolute atomic E-state index is 0.0351. The Morgan fingerprint density at radius 1 is 1.20 bits per heavy atom. The maximum Gasteiger partial charge on any atom is 0.419 e. The first kappa shape index (κ1) is 16.9. The van der Waals surface area contributed by atoms with E-state index in [9.17, 15) is 19.1 Å². The minimum Gasteiger partial charge on any atom is -0.408 e. The van der Waals surface area contributed by atoms with E-state index in [0.717, 1.165) is 0 Å². The number of aliphatic hydroxyl groups excluding tert-OH is 1. The Kier molecular flexibility index (Phi) is 4.95. The number of carbonyl (C=O) groups excluding carboxylic acids is 1. The molecule has 0 aliphatic carbocycles. The van der Waals surface area contributed by atoms with E-state index in [1.165, 1.54) is 22.8 Å². The van der Waals surface area contributed by atoms with Crippen molar-refractivity contribution in [1.82, 2.24) is 9.88 Å². The van der Waals surface area contributed by atoms with Gasteiger partial charge in [-0.05, 0) is 18.2 Å². The van der Waals surface area contributed by atoms with Crippen molar-refractivity contribution in [2.75, 3.05) is 6.54 Å². The summed E-state index contributed by atoms with van der Waals surface area (Å²) < 4.78 is 20.0. The number of hydrogen-bond acceptors (Lipinski definition) is 4. The predicted molar refractivity (Wildman–Crippen MR) is 89.5 cm³/mol.